The summed E-state index contributed by atoms with van der Waals surface area (Å²) in [7, 11) is 0. The van der Waals surface area contributed by atoms with Gasteiger partial charge in [-0.05, 0) is 49.7 Å². The minimum Gasteiger partial charge on any atom is -0.481 e. The zero-order valence-corrected chi connectivity index (χ0v) is 15.3. The Morgan fingerprint density at radius 2 is 2.19 bits per heavy atom. The summed E-state index contributed by atoms with van der Waals surface area (Å²) in [5, 5.41) is 16.2. The van der Waals surface area contributed by atoms with E-state index in [-0.39, 0.29) is 30.7 Å². The van der Waals surface area contributed by atoms with Crippen molar-refractivity contribution in [3.05, 3.63) is 35.1 Å². The van der Waals surface area contributed by atoms with Crippen LogP contribution in [0.25, 0.3) is 0 Å². The summed E-state index contributed by atoms with van der Waals surface area (Å²) in [6.45, 7) is 0.999. The first-order valence-electron chi connectivity index (χ1n) is 8.96. The molecule has 0 radical (unpaired) electrons. The second-order valence-electron chi connectivity index (χ2n) is 6.94. The Hall–Kier alpha value is -2.15. The Bertz CT molecular complexity index is 780. The van der Waals surface area contributed by atoms with Crippen LogP contribution in [0.2, 0.25) is 0 Å². The second kappa shape index (κ2) is 8.03. The van der Waals surface area contributed by atoms with Gasteiger partial charge in [0.2, 0.25) is 5.89 Å². The zero-order chi connectivity index (χ0) is 17.2. The van der Waals surface area contributed by atoms with Crippen molar-refractivity contribution in [2.75, 3.05) is 11.9 Å². The molecule has 7 nitrogen and oxygen atoms in total. The molecule has 2 N–H and O–H groups in total. The van der Waals surface area contributed by atoms with E-state index in [0.717, 1.165) is 50.2 Å². The van der Waals surface area contributed by atoms with Crippen LogP contribution in [0.1, 0.15) is 54.6 Å². The lowest BCUT2D eigenvalue weighted by molar-refractivity contribution is -0.137. The number of aryl methyl sites for hydroxylation is 3. The molecule has 0 aromatic carbocycles. The maximum Gasteiger partial charge on any atom is 0.303 e. The van der Waals surface area contributed by atoms with Gasteiger partial charge in [0.15, 0.2) is 5.82 Å². The van der Waals surface area contributed by atoms with E-state index in [0.29, 0.717) is 11.7 Å². The van der Waals surface area contributed by atoms with Gasteiger partial charge in [-0.15, -0.1) is 12.4 Å². The lowest BCUT2D eigenvalue weighted by atomic mass is 10.1. The predicted molar refractivity (Wildman–Crippen MR) is 97.7 cm³/mol. The van der Waals surface area contributed by atoms with Gasteiger partial charge in [-0.1, -0.05) is 11.2 Å². The molecule has 0 spiro atoms. The Kier molecular flexibility index (Phi) is 5.76. The van der Waals surface area contributed by atoms with Crippen molar-refractivity contribution in [1.82, 2.24) is 15.1 Å². The molecule has 1 fully saturated rings. The number of aromatic nitrogens is 3. The van der Waals surface area contributed by atoms with Crippen LogP contribution in [-0.2, 0) is 24.1 Å². The van der Waals surface area contributed by atoms with Crippen LogP contribution < -0.4 is 5.32 Å². The van der Waals surface area contributed by atoms with Crippen LogP contribution in [0.5, 0.6) is 0 Å². The third-order valence-corrected chi connectivity index (χ3v) is 4.95. The third-order valence-electron chi connectivity index (χ3n) is 4.95. The fourth-order valence-electron chi connectivity index (χ4n) is 3.46. The lowest BCUT2D eigenvalue weighted by Crippen LogP contribution is -2.14. The summed E-state index contributed by atoms with van der Waals surface area (Å²) in [6.07, 6.45) is 5.82. The maximum atomic E-state index is 10.7. The SMILES string of the molecule is Cl.O=C(O)C[C@@H]1C[C@H]1c1nc(CCCc2ccc3c(n2)NCCC3)no1. The first kappa shape index (κ1) is 18.6. The number of rotatable bonds is 7. The molecule has 0 bridgehead atoms. The summed E-state index contributed by atoms with van der Waals surface area (Å²) in [4.78, 5) is 19.8. The highest BCUT2D eigenvalue weighted by Crippen LogP contribution is 2.48. The van der Waals surface area contributed by atoms with Gasteiger partial charge in [-0.25, -0.2) is 4.98 Å². The number of aliphatic carboxylic acids is 1. The second-order valence-corrected chi connectivity index (χ2v) is 6.94. The Balaban J connectivity index is 0.00000196. The van der Waals surface area contributed by atoms with Crippen molar-refractivity contribution in [3.8, 4) is 0 Å². The number of halogens is 1. The topological polar surface area (TPSA) is 101 Å². The van der Waals surface area contributed by atoms with E-state index in [9.17, 15) is 4.79 Å². The van der Waals surface area contributed by atoms with Crippen molar-refractivity contribution in [2.45, 2.75) is 50.9 Å². The molecule has 2 aromatic rings. The molecule has 2 atom stereocenters. The number of anilines is 1. The standard InChI is InChI=1S/C18H22N4O3.ClH/c23-16(24)10-12-9-14(12)18-21-15(22-25-18)5-1-4-13-7-6-11-3-2-8-19-17(11)20-13;/h6-7,12,14H,1-5,8-10H2,(H,19,20)(H,23,24);1H/t12-,14+;/m0./s1. The molecule has 26 heavy (non-hydrogen) atoms. The van der Waals surface area contributed by atoms with E-state index < -0.39 is 5.97 Å². The number of fused-ring (bicyclic) bond motifs is 1. The fraction of sp³-hybridized carbons (Fsp3) is 0.556. The van der Waals surface area contributed by atoms with E-state index in [4.69, 9.17) is 14.6 Å². The van der Waals surface area contributed by atoms with Crippen LogP contribution in [-0.4, -0.2) is 32.7 Å². The monoisotopic (exact) mass is 378 g/mol. The number of carboxylic acid groups (broad SMARTS) is 1. The molecule has 4 rings (SSSR count). The van der Waals surface area contributed by atoms with Gasteiger partial charge in [0, 0.05) is 31.0 Å². The van der Waals surface area contributed by atoms with E-state index in [1.54, 1.807) is 0 Å². The van der Waals surface area contributed by atoms with Crippen molar-refractivity contribution in [1.29, 1.82) is 0 Å². The first-order valence-corrected chi connectivity index (χ1v) is 8.96. The number of carbonyl (C=O) groups is 1. The molecule has 1 aliphatic heterocycles. The van der Waals surface area contributed by atoms with Crippen LogP contribution >= 0.6 is 12.4 Å². The minimum absolute atomic E-state index is 0. The largest absolute Gasteiger partial charge is 0.481 e. The molecule has 8 heteroatoms. The van der Waals surface area contributed by atoms with Gasteiger partial charge < -0.3 is 14.9 Å². The molecule has 0 unspecified atom stereocenters. The van der Waals surface area contributed by atoms with Gasteiger partial charge in [-0.3, -0.25) is 4.79 Å². The first-order chi connectivity index (χ1) is 12.2. The molecular formula is C18H23ClN4O3. The molecular weight excluding hydrogens is 356 g/mol. The highest BCUT2D eigenvalue weighted by molar-refractivity contribution is 5.85. The predicted octanol–water partition coefficient (Wildman–Crippen LogP) is 3.00. The van der Waals surface area contributed by atoms with Crippen molar-refractivity contribution >= 4 is 24.2 Å². The number of nitrogens with one attached hydrogen (secondary N) is 1. The normalized spacial score (nSPS) is 20.6. The Morgan fingerprint density at radius 1 is 1.31 bits per heavy atom. The van der Waals surface area contributed by atoms with Crippen LogP contribution in [0.3, 0.4) is 0 Å². The molecule has 0 saturated heterocycles. The summed E-state index contributed by atoms with van der Waals surface area (Å²) in [5.41, 5.74) is 2.39. The minimum atomic E-state index is -0.765. The quantitative estimate of drug-likeness (QED) is 0.763. The summed E-state index contributed by atoms with van der Waals surface area (Å²) < 4.78 is 5.30. The van der Waals surface area contributed by atoms with E-state index in [1.165, 1.54) is 12.0 Å². The molecule has 3 heterocycles. The fourth-order valence-corrected chi connectivity index (χ4v) is 3.46. The summed E-state index contributed by atoms with van der Waals surface area (Å²) in [6, 6.07) is 4.28. The van der Waals surface area contributed by atoms with E-state index in [2.05, 4.69) is 27.6 Å². The maximum absolute atomic E-state index is 10.7. The number of nitrogens with zero attached hydrogens (tertiary/aromatic N) is 3. The molecule has 2 aromatic heterocycles. The smallest absolute Gasteiger partial charge is 0.303 e. The lowest BCUT2D eigenvalue weighted by Gasteiger charge is -2.17. The average molecular weight is 379 g/mol. The molecule has 0 amide bonds. The third kappa shape index (κ3) is 4.33. The number of hydrogen-bond acceptors (Lipinski definition) is 6. The number of pyridine rings is 1. The summed E-state index contributed by atoms with van der Waals surface area (Å²) in [5.74, 6) is 1.84. The van der Waals surface area contributed by atoms with Crippen LogP contribution in [0, 0.1) is 5.92 Å². The van der Waals surface area contributed by atoms with Crippen molar-refractivity contribution < 1.29 is 14.4 Å². The average Bonchev–Trinajstić information content (AvgIpc) is 3.19. The molecule has 1 aliphatic carbocycles. The molecule has 1 saturated carbocycles. The van der Waals surface area contributed by atoms with Crippen molar-refractivity contribution in [2.24, 2.45) is 5.92 Å². The highest BCUT2D eigenvalue weighted by Gasteiger charge is 2.43. The van der Waals surface area contributed by atoms with Gasteiger partial charge in [0.1, 0.15) is 5.82 Å². The highest BCUT2D eigenvalue weighted by atomic mass is 35.5. The van der Waals surface area contributed by atoms with Gasteiger partial charge in [0.25, 0.3) is 0 Å². The number of carboxylic acids is 1. The Labute approximate surface area is 158 Å². The number of hydrogen-bond donors (Lipinski definition) is 2. The van der Waals surface area contributed by atoms with Gasteiger partial charge in [-0.2, -0.15) is 4.98 Å². The van der Waals surface area contributed by atoms with Gasteiger partial charge in [0.05, 0.1) is 0 Å². The Morgan fingerprint density at radius 3 is 3.04 bits per heavy atom. The molecule has 2 aliphatic rings. The zero-order valence-electron chi connectivity index (χ0n) is 14.5. The van der Waals surface area contributed by atoms with E-state index in [1.807, 2.05) is 0 Å². The summed E-state index contributed by atoms with van der Waals surface area (Å²) >= 11 is 0. The van der Waals surface area contributed by atoms with Crippen molar-refractivity contribution in [3.63, 3.8) is 0 Å². The van der Waals surface area contributed by atoms with Crippen LogP contribution in [0.4, 0.5) is 5.82 Å². The van der Waals surface area contributed by atoms with Gasteiger partial charge >= 0.3 is 5.97 Å². The molecule has 140 valence electrons. The van der Waals surface area contributed by atoms with Crippen LogP contribution in [0.15, 0.2) is 16.7 Å². The van der Waals surface area contributed by atoms with E-state index >= 15 is 0 Å².